The molecule has 16 heavy (non-hydrogen) atoms. The number of alkyl halides is 3. The first-order chi connectivity index (χ1) is 7.40. The van der Waals surface area contributed by atoms with Crippen LogP contribution in [-0.4, -0.2) is 18.3 Å². The summed E-state index contributed by atoms with van der Waals surface area (Å²) in [5.74, 6) is -0.206. The van der Waals surface area contributed by atoms with Crippen LogP contribution in [0, 0.1) is 0 Å². The topological polar surface area (TPSA) is 12.5 Å². The zero-order valence-electron chi connectivity index (χ0n) is 8.79. The molecule has 0 atom stereocenters. The average Bonchev–Trinajstić information content (AvgIpc) is 2.15. The minimum absolute atomic E-state index is 0.206. The van der Waals surface area contributed by atoms with E-state index in [1.54, 1.807) is 24.2 Å². The maximum atomic E-state index is 12.0. The van der Waals surface area contributed by atoms with E-state index in [-0.39, 0.29) is 5.75 Å². The van der Waals surface area contributed by atoms with Crippen LogP contribution in [0.25, 0.3) is 0 Å². The first-order valence-electron chi connectivity index (χ1n) is 4.58. The standard InChI is InChI=1S/C11H12F3NO/c1-3-15(2)8-9-5-4-6-10(7-9)16-11(12,13)14/h3-7H,1,8H2,2H3. The molecule has 0 aliphatic heterocycles. The summed E-state index contributed by atoms with van der Waals surface area (Å²) >= 11 is 0. The van der Waals surface area contributed by atoms with E-state index in [2.05, 4.69) is 11.3 Å². The van der Waals surface area contributed by atoms with Crippen LogP contribution >= 0.6 is 0 Å². The molecule has 0 saturated carbocycles. The largest absolute Gasteiger partial charge is 0.573 e. The first kappa shape index (κ1) is 12.4. The highest BCUT2D eigenvalue weighted by molar-refractivity contribution is 5.28. The van der Waals surface area contributed by atoms with Crippen molar-refractivity contribution < 1.29 is 17.9 Å². The Morgan fingerprint density at radius 3 is 2.69 bits per heavy atom. The van der Waals surface area contributed by atoms with Crippen LogP contribution in [0.4, 0.5) is 13.2 Å². The van der Waals surface area contributed by atoms with Crippen LogP contribution in [0.3, 0.4) is 0 Å². The summed E-state index contributed by atoms with van der Waals surface area (Å²) in [6, 6.07) is 5.87. The Morgan fingerprint density at radius 2 is 2.12 bits per heavy atom. The second-order valence-corrected chi connectivity index (χ2v) is 3.29. The van der Waals surface area contributed by atoms with Gasteiger partial charge in [-0.05, 0) is 23.9 Å². The first-order valence-corrected chi connectivity index (χ1v) is 4.58. The van der Waals surface area contributed by atoms with Crippen molar-refractivity contribution in [3.63, 3.8) is 0 Å². The van der Waals surface area contributed by atoms with Gasteiger partial charge in [-0.3, -0.25) is 0 Å². The molecular formula is C11H12F3NO. The Bertz CT molecular complexity index is 362. The third-order valence-electron chi connectivity index (χ3n) is 1.88. The van der Waals surface area contributed by atoms with E-state index in [1.165, 1.54) is 18.2 Å². The van der Waals surface area contributed by atoms with Crippen LogP contribution in [0.2, 0.25) is 0 Å². The molecule has 88 valence electrons. The van der Waals surface area contributed by atoms with Crippen molar-refractivity contribution in [1.29, 1.82) is 0 Å². The Labute approximate surface area is 91.9 Å². The van der Waals surface area contributed by atoms with Gasteiger partial charge >= 0.3 is 6.36 Å². The predicted octanol–water partition coefficient (Wildman–Crippen LogP) is 3.16. The SMILES string of the molecule is C=CN(C)Cc1cccc(OC(F)(F)F)c1. The lowest BCUT2D eigenvalue weighted by atomic mass is 10.2. The van der Waals surface area contributed by atoms with Crippen molar-refractivity contribution in [1.82, 2.24) is 4.90 Å². The molecule has 0 radical (unpaired) electrons. The number of ether oxygens (including phenoxy) is 1. The number of rotatable bonds is 4. The molecule has 2 nitrogen and oxygen atoms in total. The molecule has 5 heteroatoms. The normalized spacial score (nSPS) is 11.0. The number of hydrogen-bond acceptors (Lipinski definition) is 2. The molecule has 0 amide bonds. The van der Waals surface area contributed by atoms with Gasteiger partial charge in [0.05, 0.1) is 0 Å². The molecule has 1 aromatic rings. The second-order valence-electron chi connectivity index (χ2n) is 3.29. The second kappa shape index (κ2) is 4.92. The molecule has 0 spiro atoms. The van der Waals surface area contributed by atoms with E-state index in [0.29, 0.717) is 6.54 Å². The molecule has 0 aromatic heterocycles. The molecule has 0 unspecified atom stereocenters. The van der Waals surface area contributed by atoms with Crippen molar-refractivity contribution in [3.8, 4) is 5.75 Å². The van der Waals surface area contributed by atoms with Gasteiger partial charge in [-0.25, -0.2) is 0 Å². The van der Waals surface area contributed by atoms with E-state index >= 15 is 0 Å². The lowest BCUT2D eigenvalue weighted by Gasteiger charge is -2.14. The summed E-state index contributed by atoms with van der Waals surface area (Å²) < 4.78 is 39.7. The van der Waals surface area contributed by atoms with Crippen molar-refractivity contribution >= 4 is 0 Å². The molecule has 0 heterocycles. The van der Waals surface area contributed by atoms with E-state index < -0.39 is 6.36 Å². The molecule has 0 bridgehead atoms. The highest BCUT2D eigenvalue weighted by atomic mass is 19.4. The minimum atomic E-state index is -4.65. The predicted molar refractivity (Wildman–Crippen MR) is 54.8 cm³/mol. The molecule has 0 aliphatic carbocycles. The van der Waals surface area contributed by atoms with Crippen LogP contribution < -0.4 is 4.74 Å². The summed E-state index contributed by atoms with van der Waals surface area (Å²) in [4.78, 5) is 1.76. The molecule has 1 aromatic carbocycles. The monoisotopic (exact) mass is 231 g/mol. The van der Waals surface area contributed by atoms with Gasteiger partial charge in [0.1, 0.15) is 5.75 Å². The molecule has 1 rings (SSSR count). The van der Waals surface area contributed by atoms with Crippen molar-refractivity contribution in [3.05, 3.63) is 42.6 Å². The lowest BCUT2D eigenvalue weighted by Crippen LogP contribution is -2.17. The van der Waals surface area contributed by atoms with Gasteiger partial charge in [-0.2, -0.15) is 0 Å². The Hall–Kier alpha value is -1.65. The van der Waals surface area contributed by atoms with E-state index in [4.69, 9.17) is 0 Å². The Morgan fingerprint density at radius 1 is 1.44 bits per heavy atom. The summed E-state index contributed by atoms with van der Waals surface area (Å²) in [5.41, 5.74) is 0.726. The molecule has 0 N–H and O–H groups in total. The summed E-state index contributed by atoms with van der Waals surface area (Å²) in [5, 5.41) is 0. The zero-order valence-corrected chi connectivity index (χ0v) is 8.79. The van der Waals surface area contributed by atoms with E-state index in [1.807, 2.05) is 0 Å². The number of halogens is 3. The maximum absolute atomic E-state index is 12.0. The third kappa shape index (κ3) is 4.25. The minimum Gasteiger partial charge on any atom is -0.406 e. The van der Waals surface area contributed by atoms with Crippen LogP contribution in [-0.2, 0) is 6.54 Å². The van der Waals surface area contributed by atoms with Gasteiger partial charge < -0.3 is 9.64 Å². The van der Waals surface area contributed by atoms with Crippen LogP contribution in [0.1, 0.15) is 5.56 Å². The average molecular weight is 231 g/mol. The molecule has 0 saturated heterocycles. The van der Waals surface area contributed by atoms with Crippen LogP contribution in [0.15, 0.2) is 37.0 Å². The molecular weight excluding hydrogens is 219 g/mol. The molecule has 0 fully saturated rings. The Kier molecular flexibility index (Phi) is 3.82. The summed E-state index contributed by atoms with van der Waals surface area (Å²) in [6.07, 6.45) is -3.06. The van der Waals surface area contributed by atoms with Gasteiger partial charge in [-0.15, -0.1) is 13.2 Å². The van der Waals surface area contributed by atoms with Gasteiger partial charge in [-0.1, -0.05) is 18.7 Å². The quantitative estimate of drug-likeness (QED) is 0.789. The fraction of sp³-hybridized carbons (Fsp3) is 0.273. The van der Waals surface area contributed by atoms with Gasteiger partial charge in [0.25, 0.3) is 0 Å². The summed E-state index contributed by atoms with van der Waals surface area (Å²) in [7, 11) is 1.78. The van der Waals surface area contributed by atoms with Gasteiger partial charge in [0, 0.05) is 13.6 Å². The fourth-order valence-corrected chi connectivity index (χ4v) is 1.19. The van der Waals surface area contributed by atoms with Gasteiger partial charge in [0.15, 0.2) is 0 Å². The number of nitrogens with zero attached hydrogens (tertiary/aromatic N) is 1. The smallest absolute Gasteiger partial charge is 0.406 e. The molecule has 0 aliphatic rings. The zero-order chi connectivity index (χ0) is 12.2. The van der Waals surface area contributed by atoms with Crippen molar-refractivity contribution in [2.75, 3.05) is 7.05 Å². The highest BCUT2D eigenvalue weighted by Crippen LogP contribution is 2.23. The van der Waals surface area contributed by atoms with Crippen LogP contribution in [0.5, 0.6) is 5.75 Å². The van der Waals surface area contributed by atoms with Crippen molar-refractivity contribution in [2.45, 2.75) is 12.9 Å². The number of benzene rings is 1. The Balaban J connectivity index is 2.75. The van der Waals surface area contributed by atoms with Crippen molar-refractivity contribution in [2.24, 2.45) is 0 Å². The lowest BCUT2D eigenvalue weighted by molar-refractivity contribution is -0.274. The summed E-state index contributed by atoms with van der Waals surface area (Å²) in [6.45, 7) is 4.04. The highest BCUT2D eigenvalue weighted by Gasteiger charge is 2.31. The number of hydrogen-bond donors (Lipinski definition) is 0. The maximum Gasteiger partial charge on any atom is 0.573 e. The fourth-order valence-electron chi connectivity index (χ4n) is 1.19. The third-order valence-corrected chi connectivity index (χ3v) is 1.88. The van der Waals surface area contributed by atoms with E-state index in [0.717, 1.165) is 5.56 Å². The van der Waals surface area contributed by atoms with E-state index in [9.17, 15) is 13.2 Å². The van der Waals surface area contributed by atoms with Gasteiger partial charge in [0.2, 0.25) is 0 Å².